The largest absolute Gasteiger partial charge is 0.497 e. The summed E-state index contributed by atoms with van der Waals surface area (Å²) < 4.78 is 33.4. The van der Waals surface area contributed by atoms with E-state index in [2.05, 4.69) is 4.28 Å². The van der Waals surface area contributed by atoms with Crippen molar-refractivity contribution in [3.63, 3.8) is 0 Å². The summed E-state index contributed by atoms with van der Waals surface area (Å²) >= 11 is 0. The number of methoxy groups -OCH3 is 1. The molecule has 1 fully saturated rings. The third-order valence-corrected chi connectivity index (χ3v) is 4.04. The van der Waals surface area contributed by atoms with Gasteiger partial charge in [-0.1, -0.05) is 0 Å². The minimum atomic E-state index is -4.72. The number of rotatable bonds is 5. The second-order valence-electron chi connectivity index (χ2n) is 4.20. The summed E-state index contributed by atoms with van der Waals surface area (Å²) in [6.45, 7) is 0. The normalized spacial score (nSPS) is 15.2. The van der Waals surface area contributed by atoms with Gasteiger partial charge in [-0.2, -0.15) is 8.42 Å². The van der Waals surface area contributed by atoms with Gasteiger partial charge in [-0.25, -0.2) is 0 Å². The van der Waals surface area contributed by atoms with E-state index in [1.165, 1.54) is 13.2 Å². The quantitative estimate of drug-likeness (QED) is 0.429. The second kappa shape index (κ2) is 5.69. The predicted molar refractivity (Wildman–Crippen MR) is 69.0 cm³/mol. The van der Waals surface area contributed by atoms with E-state index in [-0.39, 0.29) is 23.7 Å². The molecule has 0 N–H and O–H groups in total. The first-order chi connectivity index (χ1) is 10.3. The topological polar surface area (TPSA) is 133 Å². The van der Waals surface area contributed by atoms with Gasteiger partial charge in [0, 0.05) is 12.8 Å². The molecule has 10 nitrogen and oxygen atoms in total. The van der Waals surface area contributed by atoms with Crippen LogP contribution in [-0.2, 0) is 24.0 Å². The lowest BCUT2D eigenvalue weighted by Gasteiger charge is -2.13. The van der Waals surface area contributed by atoms with Gasteiger partial charge < -0.3 is 4.74 Å². The van der Waals surface area contributed by atoms with Crippen LogP contribution >= 0.6 is 0 Å². The Balaban J connectivity index is 2.43. The van der Waals surface area contributed by atoms with E-state index >= 15 is 0 Å². The number of carbonyl (C=O) groups is 2. The van der Waals surface area contributed by atoms with E-state index in [0.29, 0.717) is 0 Å². The van der Waals surface area contributed by atoms with Crippen LogP contribution in [0.5, 0.6) is 5.75 Å². The van der Waals surface area contributed by atoms with Crippen molar-refractivity contribution in [3.8, 4) is 5.75 Å². The standard InChI is InChI=1S/C11H10N2O8S/c1-20-7-2-3-9(8(6-7)13(16)17)22(18,19)21-12-10(14)4-5-11(12)15/h2-3,6H,4-5H2,1H3. The highest BCUT2D eigenvalue weighted by atomic mass is 32.2. The molecule has 0 aliphatic carbocycles. The lowest BCUT2D eigenvalue weighted by molar-refractivity contribution is -0.388. The monoisotopic (exact) mass is 330 g/mol. The lowest BCUT2D eigenvalue weighted by atomic mass is 10.3. The second-order valence-corrected chi connectivity index (χ2v) is 5.70. The first kappa shape index (κ1) is 15.9. The van der Waals surface area contributed by atoms with Crippen LogP contribution in [-0.4, -0.2) is 37.3 Å². The van der Waals surface area contributed by atoms with Crippen molar-refractivity contribution in [1.29, 1.82) is 0 Å². The van der Waals surface area contributed by atoms with Crippen molar-refractivity contribution >= 4 is 27.6 Å². The van der Waals surface area contributed by atoms with Crippen LogP contribution in [0.3, 0.4) is 0 Å². The number of amides is 2. The Labute approximate surface area is 124 Å². The van der Waals surface area contributed by atoms with Gasteiger partial charge in [0.25, 0.3) is 17.5 Å². The Kier molecular flexibility index (Phi) is 4.10. The number of nitrogens with zero attached hydrogens (tertiary/aromatic N) is 2. The van der Waals surface area contributed by atoms with Crippen LogP contribution < -0.4 is 4.74 Å². The summed E-state index contributed by atoms with van der Waals surface area (Å²) in [5.41, 5.74) is -0.793. The van der Waals surface area contributed by atoms with Crippen molar-refractivity contribution in [2.75, 3.05) is 7.11 Å². The van der Waals surface area contributed by atoms with Crippen molar-refractivity contribution < 1.29 is 32.0 Å². The molecule has 22 heavy (non-hydrogen) atoms. The van der Waals surface area contributed by atoms with Crippen molar-refractivity contribution in [2.45, 2.75) is 17.7 Å². The molecule has 1 aromatic rings. The number of hydrogen-bond acceptors (Lipinski definition) is 8. The van der Waals surface area contributed by atoms with E-state index < -0.39 is 37.4 Å². The predicted octanol–water partition coefficient (Wildman–Crippen LogP) is 0.373. The number of imide groups is 1. The van der Waals surface area contributed by atoms with Gasteiger partial charge in [0.2, 0.25) is 0 Å². The zero-order valence-electron chi connectivity index (χ0n) is 11.2. The number of ether oxygens (including phenoxy) is 1. The Morgan fingerprint density at radius 1 is 1.23 bits per heavy atom. The minimum absolute atomic E-state index is 0.0685. The van der Waals surface area contributed by atoms with Gasteiger partial charge >= 0.3 is 10.1 Å². The highest BCUT2D eigenvalue weighted by Gasteiger charge is 2.37. The molecule has 1 aromatic carbocycles. The molecule has 0 radical (unpaired) electrons. The van der Waals surface area contributed by atoms with E-state index in [9.17, 15) is 28.1 Å². The summed E-state index contributed by atoms with van der Waals surface area (Å²) in [4.78, 5) is 32.0. The van der Waals surface area contributed by atoms with Crippen molar-refractivity contribution in [2.24, 2.45) is 0 Å². The Hall–Kier alpha value is -2.53. The van der Waals surface area contributed by atoms with Gasteiger partial charge in [0.15, 0.2) is 4.90 Å². The first-order valence-electron chi connectivity index (χ1n) is 5.89. The lowest BCUT2D eigenvalue weighted by Crippen LogP contribution is -2.32. The average Bonchev–Trinajstić information content (AvgIpc) is 2.78. The Morgan fingerprint density at radius 2 is 1.82 bits per heavy atom. The zero-order valence-corrected chi connectivity index (χ0v) is 12.0. The summed E-state index contributed by atoms with van der Waals surface area (Å²) in [5, 5.41) is 11.1. The summed E-state index contributed by atoms with van der Waals surface area (Å²) in [5.74, 6) is -1.59. The molecule has 0 unspecified atom stereocenters. The molecule has 0 bridgehead atoms. The van der Waals surface area contributed by atoms with Crippen LogP contribution in [0.2, 0.25) is 0 Å². The van der Waals surface area contributed by atoms with E-state index in [4.69, 9.17) is 4.74 Å². The molecular weight excluding hydrogens is 320 g/mol. The molecule has 0 atom stereocenters. The highest BCUT2D eigenvalue weighted by molar-refractivity contribution is 7.86. The van der Waals surface area contributed by atoms with E-state index in [1.54, 1.807) is 0 Å². The van der Waals surface area contributed by atoms with Crippen LogP contribution in [0.4, 0.5) is 5.69 Å². The van der Waals surface area contributed by atoms with Crippen LogP contribution in [0, 0.1) is 10.1 Å². The van der Waals surface area contributed by atoms with Crippen molar-refractivity contribution in [1.82, 2.24) is 5.06 Å². The molecule has 0 spiro atoms. The molecule has 1 saturated heterocycles. The van der Waals surface area contributed by atoms with Crippen molar-refractivity contribution in [3.05, 3.63) is 28.3 Å². The molecule has 0 aromatic heterocycles. The van der Waals surface area contributed by atoms with Gasteiger partial charge in [-0.05, 0) is 12.1 Å². The van der Waals surface area contributed by atoms with Crippen LogP contribution in [0.25, 0.3) is 0 Å². The van der Waals surface area contributed by atoms with Crippen LogP contribution in [0.1, 0.15) is 12.8 Å². The number of benzene rings is 1. The van der Waals surface area contributed by atoms with E-state index in [1.807, 2.05) is 0 Å². The van der Waals surface area contributed by atoms with Gasteiger partial charge in [0.05, 0.1) is 18.1 Å². The minimum Gasteiger partial charge on any atom is -0.497 e. The molecule has 11 heteroatoms. The number of carbonyl (C=O) groups excluding carboxylic acids is 2. The summed E-state index contributed by atoms with van der Waals surface area (Å²) in [6, 6.07) is 2.97. The fraction of sp³-hybridized carbons (Fsp3) is 0.273. The maximum Gasteiger partial charge on any atom is 0.325 e. The summed E-state index contributed by atoms with van der Waals surface area (Å²) in [7, 11) is -3.47. The number of hydrogen-bond donors (Lipinski definition) is 0. The van der Waals surface area contributed by atoms with Gasteiger partial charge in [0.1, 0.15) is 5.75 Å². The molecule has 2 amide bonds. The number of hydroxylamine groups is 2. The molecule has 1 aliphatic rings. The molecule has 0 saturated carbocycles. The first-order valence-corrected chi connectivity index (χ1v) is 7.30. The molecule has 1 heterocycles. The molecule has 2 rings (SSSR count). The number of nitro benzene ring substituents is 1. The fourth-order valence-electron chi connectivity index (χ4n) is 1.76. The van der Waals surface area contributed by atoms with Crippen LogP contribution in [0.15, 0.2) is 23.1 Å². The Bertz CT molecular complexity index is 741. The highest BCUT2D eigenvalue weighted by Crippen LogP contribution is 2.30. The van der Waals surface area contributed by atoms with E-state index in [0.717, 1.165) is 12.1 Å². The third-order valence-electron chi connectivity index (χ3n) is 2.81. The third kappa shape index (κ3) is 2.89. The molecular formula is C11H10N2O8S. The SMILES string of the molecule is COc1ccc(S(=O)(=O)ON2C(=O)CCC2=O)c([N+](=O)[O-])c1. The Morgan fingerprint density at radius 3 is 2.32 bits per heavy atom. The molecule has 1 aliphatic heterocycles. The number of nitro groups is 1. The fourth-order valence-corrected chi connectivity index (χ4v) is 2.82. The van der Waals surface area contributed by atoms with Gasteiger partial charge in [-0.3, -0.25) is 19.7 Å². The average molecular weight is 330 g/mol. The van der Waals surface area contributed by atoms with Gasteiger partial charge in [-0.15, -0.1) is 9.35 Å². The summed E-state index contributed by atoms with van der Waals surface area (Å²) in [6.07, 6.45) is -0.363. The maximum atomic E-state index is 12.1. The molecule has 118 valence electrons. The smallest absolute Gasteiger partial charge is 0.325 e. The zero-order chi connectivity index (χ0) is 16.5. The maximum absolute atomic E-state index is 12.1.